The summed E-state index contributed by atoms with van der Waals surface area (Å²) in [5, 5.41) is 10.8. The van der Waals surface area contributed by atoms with Gasteiger partial charge in [0.15, 0.2) is 0 Å². The molecular formula is C11H14NO2-. The molecule has 0 atom stereocenters. The summed E-state index contributed by atoms with van der Waals surface area (Å²) in [5.74, 6) is -1.15. The quantitative estimate of drug-likeness (QED) is 0.748. The van der Waals surface area contributed by atoms with Crippen molar-refractivity contribution in [1.82, 2.24) is 0 Å². The van der Waals surface area contributed by atoms with Gasteiger partial charge in [-0.25, -0.2) is 0 Å². The SMILES string of the molecule is CC(C)(CN)c1ccccc1C(=O)[O-]. The highest BCUT2D eigenvalue weighted by molar-refractivity contribution is 5.88. The highest BCUT2D eigenvalue weighted by Crippen LogP contribution is 2.24. The second-order valence-electron chi connectivity index (χ2n) is 3.92. The van der Waals surface area contributed by atoms with Crippen LogP contribution in [0.5, 0.6) is 0 Å². The van der Waals surface area contributed by atoms with E-state index in [1.807, 2.05) is 13.8 Å². The van der Waals surface area contributed by atoms with E-state index in [9.17, 15) is 9.90 Å². The number of rotatable bonds is 3. The lowest BCUT2D eigenvalue weighted by atomic mass is 9.82. The van der Waals surface area contributed by atoms with Crippen LogP contribution in [0.2, 0.25) is 0 Å². The Bertz CT molecular complexity index is 345. The second kappa shape index (κ2) is 3.80. The molecule has 0 spiro atoms. The maximum Gasteiger partial charge on any atom is 0.0718 e. The van der Waals surface area contributed by atoms with Crippen molar-refractivity contribution in [3.05, 3.63) is 35.4 Å². The van der Waals surface area contributed by atoms with Gasteiger partial charge in [-0.2, -0.15) is 0 Å². The van der Waals surface area contributed by atoms with E-state index in [-0.39, 0.29) is 11.0 Å². The van der Waals surface area contributed by atoms with Gasteiger partial charge >= 0.3 is 0 Å². The standard InChI is InChI=1S/C11H15NO2/c1-11(2,7-12)9-6-4-3-5-8(9)10(13)14/h3-6H,7,12H2,1-2H3,(H,13,14)/p-1. The smallest absolute Gasteiger partial charge is 0.0718 e. The van der Waals surface area contributed by atoms with E-state index in [0.717, 1.165) is 5.56 Å². The van der Waals surface area contributed by atoms with Gasteiger partial charge < -0.3 is 15.6 Å². The molecule has 0 bridgehead atoms. The molecule has 0 aliphatic heterocycles. The molecule has 14 heavy (non-hydrogen) atoms. The van der Waals surface area contributed by atoms with E-state index in [0.29, 0.717) is 6.54 Å². The molecule has 2 N–H and O–H groups in total. The van der Waals surface area contributed by atoms with Crippen molar-refractivity contribution in [3.8, 4) is 0 Å². The normalized spacial score (nSPS) is 11.4. The maximum atomic E-state index is 10.8. The van der Waals surface area contributed by atoms with Gasteiger partial charge in [-0.1, -0.05) is 38.1 Å². The van der Waals surface area contributed by atoms with Crippen LogP contribution in [0.25, 0.3) is 0 Å². The number of carbonyl (C=O) groups is 1. The molecule has 0 aliphatic carbocycles. The zero-order chi connectivity index (χ0) is 10.8. The first kappa shape index (κ1) is 10.7. The topological polar surface area (TPSA) is 66.2 Å². The van der Waals surface area contributed by atoms with Crippen molar-refractivity contribution in [2.24, 2.45) is 5.73 Å². The fraction of sp³-hybridized carbons (Fsp3) is 0.364. The van der Waals surface area contributed by atoms with Crippen molar-refractivity contribution >= 4 is 5.97 Å². The molecule has 0 radical (unpaired) electrons. The van der Waals surface area contributed by atoms with E-state index < -0.39 is 5.97 Å². The first-order chi connectivity index (χ1) is 6.49. The highest BCUT2D eigenvalue weighted by atomic mass is 16.4. The minimum atomic E-state index is -1.15. The zero-order valence-corrected chi connectivity index (χ0v) is 8.41. The first-order valence-corrected chi connectivity index (χ1v) is 4.50. The molecule has 0 amide bonds. The molecule has 1 aromatic rings. The minimum absolute atomic E-state index is 0.225. The first-order valence-electron chi connectivity index (χ1n) is 4.50. The predicted octanol–water partition coefficient (Wildman–Crippen LogP) is 0.286. The fourth-order valence-electron chi connectivity index (χ4n) is 1.36. The van der Waals surface area contributed by atoms with Gasteiger partial charge in [-0.15, -0.1) is 0 Å². The van der Waals surface area contributed by atoms with Gasteiger partial charge in [0.1, 0.15) is 0 Å². The Hall–Kier alpha value is -1.35. The van der Waals surface area contributed by atoms with Crippen LogP contribution in [0, 0.1) is 0 Å². The molecule has 0 saturated carbocycles. The van der Waals surface area contributed by atoms with E-state index in [2.05, 4.69) is 0 Å². The van der Waals surface area contributed by atoms with Crippen LogP contribution in [0.15, 0.2) is 24.3 Å². The van der Waals surface area contributed by atoms with Crippen molar-refractivity contribution in [2.45, 2.75) is 19.3 Å². The lowest BCUT2D eigenvalue weighted by molar-refractivity contribution is -0.255. The van der Waals surface area contributed by atoms with Crippen LogP contribution in [-0.2, 0) is 5.41 Å². The van der Waals surface area contributed by atoms with Crippen LogP contribution in [0.4, 0.5) is 0 Å². The minimum Gasteiger partial charge on any atom is -0.545 e. The summed E-state index contributed by atoms with van der Waals surface area (Å²) >= 11 is 0. The zero-order valence-electron chi connectivity index (χ0n) is 8.41. The Labute approximate surface area is 83.6 Å². The molecule has 3 heteroatoms. The van der Waals surface area contributed by atoms with Crippen LogP contribution in [0.1, 0.15) is 29.8 Å². The van der Waals surface area contributed by atoms with E-state index >= 15 is 0 Å². The van der Waals surface area contributed by atoms with Gasteiger partial charge in [-0.05, 0) is 5.56 Å². The number of carbonyl (C=O) groups excluding carboxylic acids is 1. The van der Waals surface area contributed by atoms with Gasteiger partial charge in [0.05, 0.1) is 5.97 Å². The summed E-state index contributed by atoms with van der Waals surface area (Å²) in [7, 11) is 0. The Balaban J connectivity index is 3.27. The van der Waals surface area contributed by atoms with Crippen molar-refractivity contribution < 1.29 is 9.90 Å². The van der Waals surface area contributed by atoms with Crippen molar-refractivity contribution in [1.29, 1.82) is 0 Å². The molecule has 76 valence electrons. The Morgan fingerprint density at radius 3 is 2.50 bits per heavy atom. The second-order valence-corrected chi connectivity index (χ2v) is 3.92. The van der Waals surface area contributed by atoms with Gasteiger partial charge in [0.25, 0.3) is 0 Å². The maximum absolute atomic E-state index is 10.8. The summed E-state index contributed by atoms with van der Waals surface area (Å²) in [6.07, 6.45) is 0. The Kier molecular flexibility index (Phi) is 2.91. The van der Waals surface area contributed by atoms with Crippen LogP contribution < -0.4 is 10.8 Å². The molecule has 0 aromatic heterocycles. The molecule has 0 unspecified atom stereocenters. The van der Waals surface area contributed by atoms with Crippen LogP contribution in [-0.4, -0.2) is 12.5 Å². The number of hydrogen-bond acceptors (Lipinski definition) is 3. The fourth-order valence-corrected chi connectivity index (χ4v) is 1.36. The highest BCUT2D eigenvalue weighted by Gasteiger charge is 2.21. The Morgan fingerprint density at radius 1 is 1.43 bits per heavy atom. The summed E-state index contributed by atoms with van der Waals surface area (Å²) in [6.45, 7) is 4.22. The molecule has 0 saturated heterocycles. The summed E-state index contributed by atoms with van der Waals surface area (Å²) < 4.78 is 0. The third-order valence-electron chi connectivity index (χ3n) is 2.39. The van der Waals surface area contributed by atoms with Crippen molar-refractivity contribution in [2.75, 3.05) is 6.54 Å². The molecule has 1 aromatic carbocycles. The van der Waals surface area contributed by atoms with E-state index in [4.69, 9.17) is 5.73 Å². The molecule has 0 aliphatic rings. The van der Waals surface area contributed by atoms with Crippen LogP contribution in [0.3, 0.4) is 0 Å². The predicted molar refractivity (Wildman–Crippen MR) is 52.9 cm³/mol. The monoisotopic (exact) mass is 192 g/mol. The molecule has 3 nitrogen and oxygen atoms in total. The molecular weight excluding hydrogens is 178 g/mol. The van der Waals surface area contributed by atoms with E-state index in [1.165, 1.54) is 0 Å². The van der Waals surface area contributed by atoms with Crippen LogP contribution >= 0.6 is 0 Å². The third-order valence-corrected chi connectivity index (χ3v) is 2.39. The van der Waals surface area contributed by atoms with E-state index in [1.54, 1.807) is 24.3 Å². The average molecular weight is 192 g/mol. The van der Waals surface area contributed by atoms with Gasteiger partial charge in [-0.3, -0.25) is 0 Å². The largest absolute Gasteiger partial charge is 0.545 e. The number of benzene rings is 1. The average Bonchev–Trinajstić information content (AvgIpc) is 2.18. The van der Waals surface area contributed by atoms with Gasteiger partial charge in [0, 0.05) is 17.5 Å². The summed E-state index contributed by atoms with van der Waals surface area (Å²) in [5.41, 5.74) is 6.21. The summed E-state index contributed by atoms with van der Waals surface area (Å²) in [4.78, 5) is 10.8. The molecule has 0 heterocycles. The van der Waals surface area contributed by atoms with Crippen molar-refractivity contribution in [3.63, 3.8) is 0 Å². The summed E-state index contributed by atoms with van der Waals surface area (Å²) in [6, 6.07) is 6.81. The third kappa shape index (κ3) is 1.93. The number of carboxylic acid groups (broad SMARTS) is 1. The molecule has 1 rings (SSSR count). The number of carboxylic acids is 1. The van der Waals surface area contributed by atoms with Gasteiger partial charge in [0.2, 0.25) is 0 Å². The Morgan fingerprint density at radius 2 is 2.00 bits per heavy atom. The number of aromatic carboxylic acids is 1. The lowest BCUT2D eigenvalue weighted by Gasteiger charge is -2.26. The number of nitrogens with two attached hydrogens (primary N) is 1. The lowest BCUT2D eigenvalue weighted by Crippen LogP contribution is -2.33. The molecule has 0 fully saturated rings. The number of hydrogen-bond donors (Lipinski definition) is 1.